The molecule has 0 unspecified atom stereocenters. The van der Waals surface area contributed by atoms with E-state index in [4.69, 9.17) is 0 Å². The van der Waals surface area contributed by atoms with Crippen molar-refractivity contribution in [3.05, 3.63) is 34.3 Å². The summed E-state index contributed by atoms with van der Waals surface area (Å²) in [6, 6.07) is 6.70. The fraction of sp³-hybridized carbons (Fsp3) is 0.125. The minimum absolute atomic E-state index is 0.403. The molecule has 0 bridgehead atoms. The van der Waals surface area contributed by atoms with E-state index in [2.05, 4.69) is 25.9 Å². The first kappa shape index (κ1) is 9.19. The molecule has 1 rings (SSSR count). The fourth-order valence-corrected chi connectivity index (χ4v) is 0.985. The number of rotatable bonds is 2. The molecule has 0 aliphatic heterocycles. The molecular formula is C8H7BrFNO. The molecule has 0 saturated carbocycles. The second-order valence-electron chi connectivity index (χ2n) is 2.07. The van der Waals surface area contributed by atoms with Gasteiger partial charge >= 0.3 is 0 Å². The molecule has 0 aliphatic rings. The zero-order valence-corrected chi connectivity index (χ0v) is 8.01. The van der Waals surface area contributed by atoms with Crippen molar-refractivity contribution >= 4 is 21.9 Å². The van der Waals surface area contributed by atoms with Gasteiger partial charge in [-0.2, -0.15) is 4.39 Å². The van der Waals surface area contributed by atoms with E-state index in [-0.39, 0.29) is 0 Å². The van der Waals surface area contributed by atoms with Crippen LogP contribution in [-0.4, -0.2) is 13.1 Å². The summed E-state index contributed by atoms with van der Waals surface area (Å²) in [5.74, 6) is -0.620. The van der Waals surface area contributed by atoms with Crippen LogP contribution in [0, 0.1) is 0 Å². The molecule has 1 aromatic rings. The highest BCUT2D eigenvalue weighted by molar-refractivity contribution is 9.10. The number of oxime groups is 1. The molecule has 0 spiro atoms. The van der Waals surface area contributed by atoms with Crippen LogP contribution in [0.2, 0.25) is 0 Å². The third kappa shape index (κ3) is 2.30. The largest absolute Gasteiger partial charge is 0.397 e. The van der Waals surface area contributed by atoms with E-state index in [1.807, 2.05) is 0 Å². The van der Waals surface area contributed by atoms with Gasteiger partial charge in [0.1, 0.15) is 7.11 Å². The van der Waals surface area contributed by atoms with Gasteiger partial charge < -0.3 is 4.84 Å². The van der Waals surface area contributed by atoms with Crippen LogP contribution in [-0.2, 0) is 4.84 Å². The Kier molecular flexibility index (Phi) is 3.22. The van der Waals surface area contributed by atoms with E-state index in [0.29, 0.717) is 5.56 Å². The smallest absolute Gasteiger partial charge is 0.256 e. The Morgan fingerprint density at radius 2 is 2.00 bits per heavy atom. The quantitative estimate of drug-likeness (QED) is 0.567. The summed E-state index contributed by atoms with van der Waals surface area (Å²) in [6.45, 7) is 0. The average Bonchev–Trinajstić information content (AvgIpc) is 2.06. The molecule has 0 atom stereocenters. The Hall–Kier alpha value is -0.900. The van der Waals surface area contributed by atoms with Gasteiger partial charge in [-0.25, -0.2) is 0 Å². The van der Waals surface area contributed by atoms with Gasteiger partial charge in [-0.3, -0.25) is 0 Å². The molecule has 0 amide bonds. The Morgan fingerprint density at radius 3 is 2.50 bits per heavy atom. The molecule has 0 fully saturated rings. The molecule has 12 heavy (non-hydrogen) atoms. The molecule has 0 aliphatic carbocycles. The molecule has 0 saturated heterocycles. The second kappa shape index (κ2) is 4.21. The third-order valence-corrected chi connectivity index (χ3v) is 1.78. The molecule has 4 heteroatoms. The second-order valence-corrected chi connectivity index (χ2v) is 2.99. The molecule has 0 aromatic heterocycles. The van der Waals surface area contributed by atoms with Gasteiger partial charge in [-0.05, 0) is 24.3 Å². The number of halogens is 2. The van der Waals surface area contributed by atoms with E-state index in [1.54, 1.807) is 24.3 Å². The van der Waals surface area contributed by atoms with Gasteiger partial charge in [-0.1, -0.05) is 21.1 Å². The number of benzene rings is 1. The van der Waals surface area contributed by atoms with Crippen LogP contribution in [0.15, 0.2) is 33.9 Å². The maximum atomic E-state index is 12.9. The summed E-state index contributed by atoms with van der Waals surface area (Å²) in [6.07, 6.45) is 0. The fourth-order valence-electron chi connectivity index (χ4n) is 0.720. The lowest BCUT2D eigenvalue weighted by atomic mass is 10.2. The molecular weight excluding hydrogens is 225 g/mol. The van der Waals surface area contributed by atoms with Gasteiger partial charge in [0, 0.05) is 10.0 Å². The van der Waals surface area contributed by atoms with Crippen molar-refractivity contribution in [3.8, 4) is 0 Å². The van der Waals surface area contributed by atoms with Crippen LogP contribution < -0.4 is 0 Å². The van der Waals surface area contributed by atoms with Crippen LogP contribution in [0.25, 0.3) is 0 Å². The van der Waals surface area contributed by atoms with Crippen molar-refractivity contribution in [2.45, 2.75) is 0 Å². The minimum Gasteiger partial charge on any atom is -0.397 e. The molecule has 1 aromatic carbocycles. The monoisotopic (exact) mass is 231 g/mol. The predicted octanol–water partition coefficient (Wildman–Crippen LogP) is 2.73. The highest BCUT2D eigenvalue weighted by Gasteiger charge is 2.00. The highest BCUT2D eigenvalue weighted by atomic mass is 79.9. The minimum atomic E-state index is -0.620. The molecule has 64 valence electrons. The van der Waals surface area contributed by atoms with Gasteiger partial charge in [0.05, 0.1) is 0 Å². The summed E-state index contributed by atoms with van der Waals surface area (Å²) in [5, 5.41) is 3.16. The van der Waals surface area contributed by atoms with E-state index >= 15 is 0 Å². The maximum absolute atomic E-state index is 12.9. The van der Waals surface area contributed by atoms with Gasteiger partial charge in [0.15, 0.2) is 0 Å². The lowest BCUT2D eigenvalue weighted by molar-refractivity contribution is 0.209. The van der Waals surface area contributed by atoms with Crippen LogP contribution in [0.3, 0.4) is 0 Å². The van der Waals surface area contributed by atoms with E-state index in [1.165, 1.54) is 7.11 Å². The maximum Gasteiger partial charge on any atom is 0.256 e. The van der Waals surface area contributed by atoms with Crippen molar-refractivity contribution in [1.82, 2.24) is 0 Å². The topological polar surface area (TPSA) is 21.6 Å². The Morgan fingerprint density at radius 1 is 1.42 bits per heavy atom. The van der Waals surface area contributed by atoms with Crippen molar-refractivity contribution in [3.63, 3.8) is 0 Å². The predicted molar refractivity (Wildman–Crippen MR) is 48.8 cm³/mol. The van der Waals surface area contributed by atoms with Crippen molar-refractivity contribution in [1.29, 1.82) is 0 Å². The Bertz CT molecular complexity index is 284. The van der Waals surface area contributed by atoms with Crippen LogP contribution in [0.4, 0.5) is 4.39 Å². The van der Waals surface area contributed by atoms with E-state index < -0.39 is 5.97 Å². The molecule has 0 heterocycles. The van der Waals surface area contributed by atoms with Crippen molar-refractivity contribution in [2.75, 3.05) is 7.11 Å². The Labute approximate surface area is 78.2 Å². The first-order chi connectivity index (χ1) is 5.74. The lowest BCUT2D eigenvalue weighted by Gasteiger charge is -1.95. The van der Waals surface area contributed by atoms with Gasteiger partial charge in [0.2, 0.25) is 0 Å². The zero-order chi connectivity index (χ0) is 8.97. The summed E-state index contributed by atoms with van der Waals surface area (Å²) in [5.41, 5.74) is 0.403. The molecule has 0 N–H and O–H groups in total. The first-order valence-corrected chi connectivity index (χ1v) is 4.06. The Balaban J connectivity index is 2.89. The van der Waals surface area contributed by atoms with Crippen LogP contribution in [0.1, 0.15) is 5.56 Å². The van der Waals surface area contributed by atoms with Crippen molar-refractivity contribution in [2.24, 2.45) is 5.16 Å². The van der Waals surface area contributed by atoms with Crippen molar-refractivity contribution < 1.29 is 9.23 Å². The molecule has 2 nitrogen and oxygen atoms in total. The van der Waals surface area contributed by atoms with Gasteiger partial charge in [-0.15, -0.1) is 0 Å². The van der Waals surface area contributed by atoms with Crippen LogP contribution >= 0.6 is 15.9 Å². The highest BCUT2D eigenvalue weighted by Crippen LogP contribution is 2.11. The van der Waals surface area contributed by atoms with Gasteiger partial charge in [0.25, 0.3) is 5.97 Å². The summed E-state index contributed by atoms with van der Waals surface area (Å²) in [4.78, 5) is 4.29. The van der Waals surface area contributed by atoms with E-state index in [0.717, 1.165) is 4.47 Å². The van der Waals surface area contributed by atoms with Crippen LogP contribution in [0.5, 0.6) is 0 Å². The van der Waals surface area contributed by atoms with E-state index in [9.17, 15) is 4.39 Å². The number of nitrogens with zero attached hydrogens (tertiary/aromatic N) is 1. The molecule has 0 radical (unpaired) electrons. The average molecular weight is 232 g/mol. The number of hydrogen-bond donors (Lipinski definition) is 0. The SMILES string of the molecule is CO/N=C(\F)c1ccc(Br)cc1. The standard InChI is InChI=1S/C8H7BrFNO/c1-12-11-8(10)6-2-4-7(9)5-3-6/h2-5H,1H3/b11-8-. The normalized spacial score (nSPS) is 11.4. The summed E-state index contributed by atoms with van der Waals surface area (Å²) in [7, 11) is 1.30. The first-order valence-electron chi connectivity index (χ1n) is 3.26. The summed E-state index contributed by atoms with van der Waals surface area (Å²) < 4.78 is 13.8. The third-order valence-electron chi connectivity index (χ3n) is 1.25. The zero-order valence-electron chi connectivity index (χ0n) is 6.42. The number of hydrogen-bond acceptors (Lipinski definition) is 2. The lowest BCUT2D eigenvalue weighted by Crippen LogP contribution is -1.92. The summed E-state index contributed by atoms with van der Waals surface area (Å²) >= 11 is 3.24.